The van der Waals surface area contributed by atoms with E-state index in [0.717, 1.165) is 5.92 Å². The van der Waals surface area contributed by atoms with Gasteiger partial charge in [-0.05, 0) is 49.0 Å². The molecule has 1 aromatic rings. The molecule has 0 saturated heterocycles. The Bertz CT molecular complexity index is 362. The molecule has 0 aliphatic heterocycles. The summed E-state index contributed by atoms with van der Waals surface area (Å²) in [5.41, 5.74) is 1.38. The molecule has 0 aromatic heterocycles. The van der Waals surface area contributed by atoms with Gasteiger partial charge in [0.05, 0.1) is 0 Å². The Morgan fingerprint density at radius 2 is 1.56 bits per heavy atom. The predicted molar refractivity (Wildman–Crippen MR) is 64.2 cm³/mol. The summed E-state index contributed by atoms with van der Waals surface area (Å²) in [4.78, 5) is 11.3. The molecule has 1 heteroatoms. The highest BCUT2D eigenvalue weighted by Gasteiger charge is 2.43. The van der Waals surface area contributed by atoms with Gasteiger partial charge in [-0.3, -0.25) is 0 Å². The Morgan fingerprint density at radius 3 is 2.19 bits per heavy atom. The molecule has 0 radical (unpaired) electrons. The largest absolute Gasteiger partial charge is 0.303 e. The summed E-state index contributed by atoms with van der Waals surface area (Å²) in [6, 6.07) is 10.6. The average molecular weight is 214 g/mol. The molecule has 4 rings (SSSR count). The van der Waals surface area contributed by atoms with Gasteiger partial charge < -0.3 is 4.79 Å². The maximum atomic E-state index is 11.3. The fourth-order valence-corrected chi connectivity index (χ4v) is 3.86. The molecule has 3 aliphatic carbocycles. The van der Waals surface area contributed by atoms with Gasteiger partial charge in [-0.1, -0.05) is 30.3 Å². The van der Waals surface area contributed by atoms with E-state index in [9.17, 15) is 4.79 Å². The maximum absolute atomic E-state index is 11.3. The van der Waals surface area contributed by atoms with Gasteiger partial charge in [0.15, 0.2) is 0 Å². The molecule has 3 aliphatic rings. The topological polar surface area (TPSA) is 17.1 Å². The summed E-state index contributed by atoms with van der Waals surface area (Å²) in [6.45, 7) is 0. The van der Waals surface area contributed by atoms with Crippen molar-refractivity contribution in [1.82, 2.24) is 0 Å². The second-order valence-corrected chi connectivity index (χ2v) is 5.32. The molecule has 3 saturated carbocycles. The number of carbonyl (C=O) groups excluding carboxylic acids is 1. The minimum atomic E-state index is 0.287. The molecule has 2 unspecified atom stereocenters. The van der Waals surface area contributed by atoms with Crippen LogP contribution in [-0.4, -0.2) is 6.29 Å². The first kappa shape index (κ1) is 10.1. The lowest BCUT2D eigenvalue weighted by atomic mass is 9.57. The number of rotatable bonds is 2. The van der Waals surface area contributed by atoms with E-state index in [-0.39, 0.29) is 5.92 Å². The third kappa shape index (κ3) is 1.50. The second-order valence-electron chi connectivity index (χ2n) is 5.32. The van der Waals surface area contributed by atoms with Crippen molar-refractivity contribution in [2.75, 3.05) is 0 Å². The van der Waals surface area contributed by atoms with E-state index in [1.165, 1.54) is 37.5 Å². The minimum Gasteiger partial charge on any atom is -0.303 e. The van der Waals surface area contributed by atoms with Crippen molar-refractivity contribution in [2.45, 2.75) is 31.6 Å². The SMILES string of the molecule is O=CC1C2CCC(CC2)C1c1ccccc1. The van der Waals surface area contributed by atoms with Crippen LogP contribution in [0.3, 0.4) is 0 Å². The van der Waals surface area contributed by atoms with Crippen molar-refractivity contribution >= 4 is 6.29 Å². The molecular formula is C15H18O. The number of carbonyl (C=O) groups is 1. The van der Waals surface area contributed by atoms with Crippen LogP contribution in [0.2, 0.25) is 0 Å². The quantitative estimate of drug-likeness (QED) is 0.689. The lowest BCUT2D eigenvalue weighted by Crippen LogP contribution is -2.39. The van der Waals surface area contributed by atoms with Crippen LogP contribution >= 0.6 is 0 Å². The molecule has 16 heavy (non-hydrogen) atoms. The van der Waals surface area contributed by atoms with E-state index in [1.54, 1.807) is 0 Å². The highest BCUT2D eigenvalue weighted by atomic mass is 16.1. The standard InChI is InChI=1S/C15H18O/c16-10-14-11-6-8-13(9-7-11)15(14)12-4-2-1-3-5-12/h1-5,10-11,13-15H,6-9H2. The van der Waals surface area contributed by atoms with Gasteiger partial charge in [0, 0.05) is 5.92 Å². The Hall–Kier alpha value is -1.11. The van der Waals surface area contributed by atoms with Crippen molar-refractivity contribution in [1.29, 1.82) is 0 Å². The van der Waals surface area contributed by atoms with Gasteiger partial charge >= 0.3 is 0 Å². The Balaban J connectivity index is 1.96. The van der Waals surface area contributed by atoms with Crippen LogP contribution in [0.1, 0.15) is 37.2 Å². The maximum Gasteiger partial charge on any atom is 0.123 e. The van der Waals surface area contributed by atoms with E-state index in [4.69, 9.17) is 0 Å². The van der Waals surface area contributed by atoms with Gasteiger partial charge in [-0.25, -0.2) is 0 Å². The van der Waals surface area contributed by atoms with E-state index >= 15 is 0 Å². The van der Waals surface area contributed by atoms with Crippen LogP contribution in [0, 0.1) is 17.8 Å². The molecule has 0 spiro atoms. The summed E-state index contributed by atoms with van der Waals surface area (Å²) in [5.74, 6) is 2.21. The smallest absolute Gasteiger partial charge is 0.123 e. The van der Waals surface area contributed by atoms with E-state index < -0.39 is 0 Å². The molecule has 0 amide bonds. The van der Waals surface area contributed by atoms with E-state index in [0.29, 0.717) is 11.8 Å². The fourth-order valence-electron chi connectivity index (χ4n) is 3.86. The first-order valence-electron chi connectivity index (χ1n) is 6.40. The first-order valence-corrected chi connectivity index (χ1v) is 6.40. The highest BCUT2D eigenvalue weighted by molar-refractivity contribution is 5.57. The molecule has 2 atom stereocenters. The van der Waals surface area contributed by atoms with Crippen molar-refractivity contribution in [2.24, 2.45) is 17.8 Å². The summed E-state index contributed by atoms with van der Waals surface area (Å²) in [5, 5.41) is 0. The zero-order valence-electron chi connectivity index (χ0n) is 9.51. The zero-order chi connectivity index (χ0) is 11.0. The van der Waals surface area contributed by atoms with Crippen LogP contribution in [0.15, 0.2) is 30.3 Å². The summed E-state index contributed by atoms with van der Waals surface area (Å²) in [6.07, 6.45) is 6.44. The van der Waals surface area contributed by atoms with Gasteiger partial charge in [-0.15, -0.1) is 0 Å². The van der Waals surface area contributed by atoms with Crippen LogP contribution in [0.4, 0.5) is 0 Å². The number of hydrogen-bond donors (Lipinski definition) is 0. The van der Waals surface area contributed by atoms with Gasteiger partial charge in [-0.2, -0.15) is 0 Å². The van der Waals surface area contributed by atoms with Crippen LogP contribution in [0.25, 0.3) is 0 Å². The number of fused-ring (bicyclic) bond motifs is 3. The van der Waals surface area contributed by atoms with E-state index in [1.807, 2.05) is 0 Å². The van der Waals surface area contributed by atoms with Gasteiger partial charge in [0.1, 0.15) is 6.29 Å². The lowest BCUT2D eigenvalue weighted by Gasteiger charge is -2.46. The highest BCUT2D eigenvalue weighted by Crippen LogP contribution is 2.52. The van der Waals surface area contributed by atoms with Crippen molar-refractivity contribution in [3.8, 4) is 0 Å². The molecule has 3 fully saturated rings. The molecule has 1 aromatic carbocycles. The van der Waals surface area contributed by atoms with Crippen molar-refractivity contribution in [3.05, 3.63) is 35.9 Å². The van der Waals surface area contributed by atoms with Crippen molar-refractivity contribution in [3.63, 3.8) is 0 Å². The van der Waals surface area contributed by atoms with Crippen LogP contribution in [-0.2, 0) is 4.79 Å². The summed E-state index contributed by atoms with van der Waals surface area (Å²) >= 11 is 0. The van der Waals surface area contributed by atoms with E-state index in [2.05, 4.69) is 30.3 Å². The molecule has 84 valence electrons. The Labute approximate surface area is 96.9 Å². The fraction of sp³-hybridized carbons (Fsp3) is 0.533. The lowest BCUT2D eigenvalue weighted by molar-refractivity contribution is -0.116. The second kappa shape index (κ2) is 4.04. The Kier molecular flexibility index (Phi) is 2.55. The predicted octanol–water partition coefficient (Wildman–Crippen LogP) is 3.41. The number of aldehydes is 1. The van der Waals surface area contributed by atoms with Gasteiger partial charge in [0.2, 0.25) is 0 Å². The van der Waals surface area contributed by atoms with Gasteiger partial charge in [0.25, 0.3) is 0 Å². The summed E-state index contributed by atoms with van der Waals surface area (Å²) < 4.78 is 0. The first-order chi connectivity index (χ1) is 7.90. The monoisotopic (exact) mass is 214 g/mol. The summed E-state index contributed by atoms with van der Waals surface area (Å²) in [7, 11) is 0. The number of benzene rings is 1. The van der Waals surface area contributed by atoms with Crippen molar-refractivity contribution < 1.29 is 4.79 Å². The minimum absolute atomic E-state index is 0.287. The molecule has 0 N–H and O–H groups in total. The zero-order valence-corrected chi connectivity index (χ0v) is 9.51. The molecule has 0 heterocycles. The van der Waals surface area contributed by atoms with Crippen LogP contribution < -0.4 is 0 Å². The number of hydrogen-bond acceptors (Lipinski definition) is 1. The molecule has 2 bridgehead atoms. The Morgan fingerprint density at radius 1 is 0.938 bits per heavy atom. The third-order valence-corrected chi connectivity index (χ3v) is 4.62. The normalized spacial score (nSPS) is 37.2. The average Bonchev–Trinajstić information content (AvgIpc) is 2.40. The molecular weight excluding hydrogens is 196 g/mol. The molecule has 1 nitrogen and oxygen atoms in total. The van der Waals surface area contributed by atoms with Crippen LogP contribution in [0.5, 0.6) is 0 Å². The third-order valence-electron chi connectivity index (χ3n) is 4.62.